The number of halogens is 2. The van der Waals surface area contributed by atoms with Crippen LogP contribution >= 0.6 is 18.1 Å². The average molecular weight is 242 g/mol. The maximum absolute atomic E-state index is 4.90. The Bertz CT molecular complexity index is 234. The van der Waals surface area contributed by atoms with E-state index >= 15 is 0 Å². The molecule has 1 aromatic carbocycles. The molecule has 0 spiro atoms. The summed E-state index contributed by atoms with van der Waals surface area (Å²) in [6, 6.07) is 10.5. The van der Waals surface area contributed by atoms with Crippen molar-refractivity contribution in [3.8, 4) is 0 Å². The van der Waals surface area contributed by atoms with Gasteiger partial charge in [0.2, 0.25) is 0 Å². The lowest BCUT2D eigenvalue weighted by Crippen LogP contribution is -2.14. The Morgan fingerprint density at radius 1 is 1.21 bits per heavy atom. The molecule has 0 nitrogen and oxygen atoms in total. The van der Waals surface area contributed by atoms with Crippen molar-refractivity contribution < 1.29 is 0 Å². The van der Waals surface area contributed by atoms with Crippen molar-refractivity contribution in [2.45, 2.75) is 25.7 Å². The molecule has 0 fully saturated rings. The van der Waals surface area contributed by atoms with Gasteiger partial charge >= 0.3 is 18.2 Å². The predicted octanol–water partition coefficient (Wildman–Crippen LogP) is 4.19. The van der Waals surface area contributed by atoms with E-state index in [1.165, 1.54) is 5.56 Å². The Morgan fingerprint density at radius 3 is 2.00 bits per heavy atom. The van der Waals surface area contributed by atoms with Crippen molar-refractivity contribution in [3.63, 3.8) is 0 Å². The molecular weight excluding hydrogens is 227 g/mol. The Morgan fingerprint density at radius 2 is 1.64 bits per heavy atom. The van der Waals surface area contributed by atoms with Gasteiger partial charge in [-0.05, 0) is 17.4 Å². The van der Waals surface area contributed by atoms with Gasteiger partial charge in [-0.1, -0.05) is 51.1 Å². The first-order valence-electron chi connectivity index (χ1n) is 4.55. The SMILES string of the molecule is [CH2]CC(C)(C)c1ccccc1.[Cl][Mg][Cl]. The van der Waals surface area contributed by atoms with Gasteiger partial charge in [0.05, 0.1) is 0 Å². The van der Waals surface area contributed by atoms with Crippen molar-refractivity contribution in [1.29, 1.82) is 0 Å². The Balaban J connectivity index is 0.000000500. The molecule has 0 aliphatic carbocycles. The van der Waals surface area contributed by atoms with Crippen LogP contribution in [0.25, 0.3) is 0 Å². The molecule has 0 aliphatic rings. The fourth-order valence-electron chi connectivity index (χ4n) is 1.03. The van der Waals surface area contributed by atoms with E-state index in [4.69, 9.17) is 18.1 Å². The summed E-state index contributed by atoms with van der Waals surface area (Å²) in [6.45, 7) is 8.37. The number of rotatable bonds is 2. The minimum atomic E-state index is -0.639. The molecule has 0 saturated heterocycles. The molecule has 0 unspecified atom stereocenters. The van der Waals surface area contributed by atoms with Crippen LogP contribution in [0.15, 0.2) is 30.3 Å². The lowest BCUT2D eigenvalue weighted by Gasteiger charge is -2.22. The molecule has 14 heavy (non-hydrogen) atoms. The summed E-state index contributed by atoms with van der Waals surface area (Å²) < 4.78 is 0. The van der Waals surface area contributed by atoms with Crippen LogP contribution < -0.4 is 0 Å². The molecule has 0 aromatic heterocycles. The topological polar surface area (TPSA) is 0 Å². The second kappa shape index (κ2) is 7.81. The van der Waals surface area contributed by atoms with Gasteiger partial charge in [-0.2, -0.15) is 0 Å². The molecule has 1 radical (unpaired) electrons. The van der Waals surface area contributed by atoms with E-state index in [2.05, 4.69) is 45.0 Å². The Kier molecular flexibility index (Phi) is 8.12. The summed E-state index contributed by atoms with van der Waals surface area (Å²) >= 11 is -0.639. The number of hydrogen-bond donors (Lipinski definition) is 0. The normalized spacial score (nSPS) is 9.79. The predicted molar refractivity (Wildman–Crippen MR) is 66.9 cm³/mol. The van der Waals surface area contributed by atoms with Crippen molar-refractivity contribution in [2.24, 2.45) is 0 Å². The number of benzene rings is 1. The standard InChI is InChI=1S/C11H15.2ClH.Mg/c1-4-11(2,3)10-8-6-5-7-9-10;;;/h5-9H,1,4H2,2-3H3;2*1H;/q;;;+2/p-2. The van der Waals surface area contributed by atoms with Crippen LogP contribution in [-0.4, -0.2) is 18.2 Å². The quantitative estimate of drug-likeness (QED) is 0.682. The summed E-state index contributed by atoms with van der Waals surface area (Å²) in [5, 5.41) is 0. The van der Waals surface area contributed by atoms with Gasteiger partial charge in [0.1, 0.15) is 0 Å². The van der Waals surface area contributed by atoms with E-state index in [0.717, 1.165) is 6.42 Å². The maximum Gasteiger partial charge on any atom is 0.618 e. The molecule has 0 N–H and O–H groups in total. The third kappa shape index (κ3) is 5.45. The first-order valence-corrected chi connectivity index (χ1v) is 8.82. The first kappa shape index (κ1) is 14.6. The van der Waals surface area contributed by atoms with Gasteiger partial charge in [0.15, 0.2) is 0 Å². The average Bonchev–Trinajstić information content (AvgIpc) is 2.20. The fraction of sp³-hybridized carbons (Fsp3) is 0.364. The highest BCUT2D eigenvalue weighted by Crippen LogP contribution is 2.25. The Labute approximate surface area is 104 Å². The first-order chi connectivity index (χ1) is 6.58. The lowest BCUT2D eigenvalue weighted by molar-refractivity contribution is 0.532. The highest BCUT2D eigenvalue weighted by Gasteiger charge is 2.16. The second-order valence-corrected chi connectivity index (χ2v) is 6.23. The minimum absolute atomic E-state index is 0.223. The summed E-state index contributed by atoms with van der Waals surface area (Å²) in [6.07, 6.45) is 0.941. The zero-order valence-corrected chi connectivity index (χ0v) is 11.7. The molecule has 1 aromatic rings. The molecule has 3 heteroatoms. The lowest BCUT2D eigenvalue weighted by atomic mass is 9.82. The van der Waals surface area contributed by atoms with Gasteiger partial charge in [-0.3, -0.25) is 0 Å². The molecule has 0 bridgehead atoms. The molecule has 0 heterocycles. The smallest absolute Gasteiger partial charge is 0.309 e. The van der Waals surface area contributed by atoms with Crippen LogP contribution in [0.3, 0.4) is 0 Å². The van der Waals surface area contributed by atoms with Crippen molar-refractivity contribution >= 4 is 36.3 Å². The summed E-state index contributed by atoms with van der Waals surface area (Å²) in [5.74, 6) is 0. The van der Waals surface area contributed by atoms with Gasteiger partial charge in [-0.25, -0.2) is 0 Å². The highest BCUT2D eigenvalue weighted by molar-refractivity contribution is 7.22. The molecule has 0 amide bonds. The van der Waals surface area contributed by atoms with E-state index in [-0.39, 0.29) is 5.41 Å². The largest absolute Gasteiger partial charge is 0.618 e. The van der Waals surface area contributed by atoms with Crippen LogP contribution in [0.2, 0.25) is 0 Å². The minimum Gasteiger partial charge on any atom is -0.309 e. The molecule has 0 saturated carbocycles. The van der Waals surface area contributed by atoms with Crippen molar-refractivity contribution in [1.82, 2.24) is 0 Å². The van der Waals surface area contributed by atoms with Crippen LogP contribution in [0, 0.1) is 6.92 Å². The van der Waals surface area contributed by atoms with E-state index < -0.39 is 18.2 Å². The molecular formula is C11H15Cl2Mg. The summed E-state index contributed by atoms with van der Waals surface area (Å²) in [5.41, 5.74) is 1.59. The van der Waals surface area contributed by atoms with Crippen LogP contribution in [0.5, 0.6) is 0 Å². The molecule has 75 valence electrons. The Hall–Kier alpha value is 0.566. The molecule has 1 rings (SSSR count). The van der Waals surface area contributed by atoms with E-state index in [1.807, 2.05) is 6.07 Å². The molecule has 0 atom stereocenters. The van der Waals surface area contributed by atoms with Gasteiger partial charge in [0, 0.05) is 0 Å². The van der Waals surface area contributed by atoms with Crippen LogP contribution in [-0.2, 0) is 5.41 Å². The zero-order chi connectivity index (χ0) is 11.0. The third-order valence-electron chi connectivity index (χ3n) is 2.18. The third-order valence-corrected chi connectivity index (χ3v) is 2.18. The van der Waals surface area contributed by atoms with Crippen LogP contribution in [0.4, 0.5) is 0 Å². The van der Waals surface area contributed by atoms with Crippen LogP contribution in [0.1, 0.15) is 25.8 Å². The van der Waals surface area contributed by atoms with Crippen molar-refractivity contribution in [2.75, 3.05) is 0 Å². The van der Waals surface area contributed by atoms with E-state index in [9.17, 15) is 0 Å². The van der Waals surface area contributed by atoms with E-state index in [1.54, 1.807) is 0 Å². The molecule has 0 aliphatic heterocycles. The van der Waals surface area contributed by atoms with Crippen molar-refractivity contribution in [3.05, 3.63) is 42.8 Å². The van der Waals surface area contributed by atoms with E-state index in [0.29, 0.717) is 0 Å². The zero-order valence-electron chi connectivity index (χ0n) is 8.76. The van der Waals surface area contributed by atoms with Gasteiger partial charge in [-0.15, -0.1) is 0 Å². The van der Waals surface area contributed by atoms with Gasteiger partial charge < -0.3 is 18.1 Å². The van der Waals surface area contributed by atoms with Gasteiger partial charge in [0.25, 0.3) is 0 Å². The summed E-state index contributed by atoms with van der Waals surface area (Å²) in [4.78, 5) is 0. The monoisotopic (exact) mass is 241 g/mol. The number of hydrogen-bond acceptors (Lipinski definition) is 0. The maximum atomic E-state index is 4.90. The second-order valence-electron chi connectivity index (χ2n) is 3.60. The highest BCUT2D eigenvalue weighted by atomic mass is 35.6. The summed E-state index contributed by atoms with van der Waals surface area (Å²) in [7, 11) is 9.81. The fourth-order valence-corrected chi connectivity index (χ4v) is 1.03.